The molecular weight excluding hydrogens is 300 g/mol. The number of anilines is 1. The van der Waals surface area contributed by atoms with Crippen LogP contribution in [0.5, 0.6) is 0 Å². The number of aromatic nitrogens is 2. The van der Waals surface area contributed by atoms with Crippen molar-refractivity contribution in [3.8, 4) is 0 Å². The summed E-state index contributed by atoms with van der Waals surface area (Å²) in [4.78, 5) is 10.8. The van der Waals surface area contributed by atoms with Crippen LogP contribution in [-0.4, -0.2) is 48.2 Å². The predicted molar refractivity (Wildman–Crippen MR) is 98.4 cm³/mol. The molecule has 0 amide bonds. The van der Waals surface area contributed by atoms with Crippen LogP contribution in [0.1, 0.15) is 12.8 Å². The zero-order chi connectivity index (χ0) is 16.6. The Morgan fingerprint density at radius 3 is 2.96 bits per heavy atom. The lowest BCUT2D eigenvalue weighted by Gasteiger charge is -2.20. The molecule has 0 spiro atoms. The molecular formula is C18H26N6. The second-order valence-electron chi connectivity index (χ2n) is 6.06. The van der Waals surface area contributed by atoms with E-state index in [0.717, 1.165) is 45.0 Å². The average molecular weight is 326 g/mol. The number of aryl methyl sites for hydroxylation is 1. The third kappa shape index (κ3) is 4.50. The Hall–Kier alpha value is -2.50. The van der Waals surface area contributed by atoms with Crippen LogP contribution in [0.2, 0.25) is 0 Å². The van der Waals surface area contributed by atoms with E-state index in [2.05, 4.69) is 60.4 Å². The number of aliphatic imine (C=N–C) groups is 1. The van der Waals surface area contributed by atoms with Gasteiger partial charge in [-0.1, -0.05) is 18.2 Å². The number of hydrogen-bond acceptors (Lipinski definition) is 3. The standard InChI is InChI=1S/C18H26N6/c1-19-18(21-9-5-11-23-13-10-20-15-23)22-16-8-12-24(14-16)17-6-3-2-4-7-17/h2-4,6-7,10,13,15-16H,5,8-9,11-12,14H2,1H3,(H2,19,21,22). The van der Waals surface area contributed by atoms with E-state index >= 15 is 0 Å². The molecule has 0 saturated carbocycles. The Morgan fingerprint density at radius 2 is 2.21 bits per heavy atom. The fraction of sp³-hybridized carbons (Fsp3) is 0.444. The molecule has 1 aromatic carbocycles. The molecule has 1 atom stereocenters. The minimum Gasteiger partial charge on any atom is -0.369 e. The Balaban J connectivity index is 1.39. The molecule has 0 radical (unpaired) electrons. The molecule has 1 aliphatic rings. The number of nitrogens with one attached hydrogen (secondary N) is 2. The molecule has 0 aliphatic carbocycles. The second kappa shape index (κ2) is 8.38. The summed E-state index contributed by atoms with van der Waals surface area (Å²) in [5.74, 6) is 0.889. The van der Waals surface area contributed by atoms with Crippen LogP contribution in [0.4, 0.5) is 5.69 Å². The summed E-state index contributed by atoms with van der Waals surface area (Å²) in [5, 5.41) is 6.94. The maximum absolute atomic E-state index is 4.34. The molecule has 1 saturated heterocycles. The molecule has 1 aromatic heterocycles. The molecule has 1 aliphatic heterocycles. The summed E-state index contributed by atoms with van der Waals surface area (Å²) < 4.78 is 2.09. The zero-order valence-electron chi connectivity index (χ0n) is 14.2. The second-order valence-corrected chi connectivity index (χ2v) is 6.06. The predicted octanol–water partition coefficient (Wildman–Crippen LogP) is 1.72. The number of hydrogen-bond donors (Lipinski definition) is 2. The Bertz CT molecular complexity index is 622. The zero-order valence-corrected chi connectivity index (χ0v) is 14.2. The van der Waals surface area contributed by atoms with Gasteiger partial charge in [0.15, 0.2) is 5.96 Å². The number of guanidine groups is 1. The number of nitrogens with zero attached hydrogens (tertiary/aromatic N) is 4. The molecule has 128 valence electrons. The van der Waals surface area contributed by atoms with Gasteiger partial charge >= 0.3 is 0 Å². The fourth-order valence-corrected chi connectivity index (χ4v) is 3.03. The molecule has 6 heteroatoms. The van der Waals surface area contributed by atoms with Crippen molar-refractivity contribution in [1.29, 1.82) is 0 Å². The van der Waals surface area contributed by atoms with Crippen molar-refractivity contribution in [3.63, 3.8) is 0 Å². The van der Waals surface area contributed by atoms with Gasteiger partial charge < -0.3 is 20.1 Å². The van der Waals surface area contributed by atoms with E-state index in [1.165, 1.54) is 5.69 Å². The Morgan fingerprint density at radius 1 is 1.33 bits per heavy atom. The van der Waals surface area contributed by atoms with E-state index in [-0.39, 0.29) is 0 Å². The summed E-state index contributed by atoms with van der Waals surface area (Å²) in [7, 11) is 1.83. The van der Waals surface area contributed by atoms with Gasteiger partial charge in [0.2, 0.25) is 0 Å². The number of imidazole rings is 1. The van der Waals surface area contributed by atoms with Crippen molar-refractivity contribution in [3.05, 3.63) is 49.1 Å². The van der Waals surface area contributed by atoms with Gasteiger partial charge in [0.05, 0.1) is 6.33 Å². The monoisotopic (exact) mass is 326 g/mol. The van der Waals surface area contributed by atoms with E-state index in [0.29, 0.717) is 6.04 Å². The van der Waals surface area contributed by atoms with Crippen molar-refractivity contribution in [1.82, 2.24) is 20.2 Å². The van der Waals surface area contributed by atoms with E-state index in [4.69, 9.17) is 0 Å². The van der Waals surface area contributed by atoms with Gasteiger partial charge in [-0.15, -0.1) is 0 Å². The maximum atomic E-state index is 4.34. The molecule has 2 N–H and O–H groups in total. The minimum atomic E-state index is 0.435. The minimum absolute atomic E-state index is 0.435. The topological polar surface area (TPSA) is 57.5 Å². The van der Waals surface area contributed by atoms with Crippen LogP contribution in [0.3, 0.4) is 0 Å². The van der Waals surface area contributed by atoms with Gasteiger partial charge in [0.1, 0.15) is 0 Å². The smallest absolute Gasteiger partial charge is 0.191 e. The van der Waals surface area contributed by atoms with Gasteiger partial charge in [-0.25, -0.2) is 4.98 Å². The Kier molecular flexibility index (Phi) is 5.71. The van der Waals surface area contributed by atoms with Crippen molar-refractivity contribution in [2.45, 2.75) is 25.4 Å². The van der Waals surface area contributed by atoms with Gasteiger partial charge in [-0.2, -0.15) is 0 Å². The third-order valence-electron chi connectivity index (χ3n) is 4.32. The Labute approximate surface area is 143 Å². The molecule has 3 rings (SSSR count). The first kappa shape index (κ1) is 16.4. The van der Waals surface area contributed by atoms with Crippen molar-refractivity contribution >= 4 is 11.6 Å². The van der Waals surface area contributed by atoms with Crippen LogP contribution in [0.25, 0.3) is 0 Å². The van der Waals surface area contributed by atoms with Crippen LogP contribution in [-0.2, 0) is 6.54 Å². The van der Waals surface area contributed by atoms with Crippen LogP contribution in [0, 0.1) is 0 Å². The van der Waals surface area contributed by atoms with E-state index in [1.807, 2.05) is 25.8 Å². The highest BCUT2D eigenvalue weighted by atomic mass is 15.2. The van der Waals surface area contributed by atoms with Crippen LogP contribution < -0.4 is 15.5 Å². The molecule has 0 bridgehead atoms. The molecule has 6 nitrogen and oxygen atoms in total. The molecule has 1 unspecified atom stereocenters. The van der Waals surface area contributed by atoms with Gasteiger partial charge in [0, 0.05) is 57.3 Å². The first-order chi connectivity index (χ1) is 11.8. The molecule has 24 heavy (non-hydrogen) atoms. The highest BCUT2D eigenvalue weighted by Gasteiger charge is 2.23. The lowest BCUT2D eigenvalue weighted by Crippen LogP contribution is -2.45. The van der Waals surface area contributed by atoms with E-state index in [9.17, 15) is 0 Å². The number of para-hydroxylation sites is 1. The van der Waals surface area contributed by atoms with Gasteiger partial charge in [0.25, 0.3) is 0 Å². The van der Waals surface area contributed by atoms with Crippen molar-refractivity contribution in [2.75, 3.05) is 31.6 Å². The van der Waals surface area contributed by atoms with E-state index in [1.54, 1.807) is 0 Å². The average Bonchev–Trinajstić information content (AvgIpc) is 3.30. The van der Waals surface area contributed by atoms with Crippen LogP contribution in [0.15, 0.2) is 54.0 Å². The highest BCUT2D eigenvalue weighted by Crippen LogP contribution is 2.19. The summed E-state index contributed by atoms with van der Waals surface area (Å²) in [6.07, 6.45) is 7.82. The maximum Gasteiger partial charge on any atom is 0.191 e. The summed E-state index contributed by atoms with van der Waals surface area (Å²) >= 11 is 0. The molecule has 1 fully saturated rings. The SMILES string of the molecule is CN=C(NCCCn1ccnc1)NC1CCN(c2ccccc2)C1. The fourth-order valence-electron chi connectivity index (χ4n) is 3.03. The number of rotatable bonds is 6. The first-order valence-electron chi connectivity index (χ1n) is 8.58. The van der Waals surface area contributed by atoms with Gasteiger partial charge in [-0.05, 0) is 25.0 Å². The summed E-state index contributed by atoms with van der Waals surface area (Å²) in [5.41, 5.74) is 1.30. The van der Waals surface area contributed by atoms with Gasteiger partial charge in [-0.3, -0.25) is 4.99 Å². The lowest BCUT2D eigenvalue weighted by molar-refractivity contribution is 0.609. The molecule has 2 heterocycles. The van der Waals surface area contributed by atoms with Crippen LogP contribution >= 0.6 is 0 Å². The highest BCUT2D eigenvalue weighted by molar-refractivity contribution is 5.80. The third-order valence-corrected chi connectivity index (χ3v) is 4.32. The summed E-state index contributed by atoms with van der Waals surface area (Å²) in [6.45, 7) is 3.96. The largest absolute Gasteiger partial charge is 0.369 e. The van der Waals surface area contributed by atoms with Crippen molar-refractivity contribution in [2.24, 2.45) is 4.99 Å². The summed E-state index contributed by atoms with van der Waals surface area (Å²) in [6, 6.07) is 11.0. The molecule has 2 aromatic rings. The first-order valence-corrected chi connectivity index (χ1v) is 8.58. The number of benzene rings is 1. The van der Waals surface area contributed by atoms with E-state index < -0.39 is 0 Å². The normalized spacial score (nSPS) is 18.0. The quantitative estimate of drug-likeness (QED) is 0.482. The lowest BCUT2D eigenvalue weighted by atomic mass is 10.2. The van der Waals surface area contributed by atoms with Crippen molar-refractivity contribution < 1.29 is 0 Å².